The topological polar surface area (TPSA) is 42.4 Å². The van der Waals surface area contributed by atoms with Crippen molar-refractivity contribution in [3.05, 3.63) is 46.1 Å². The number of ether oxygens (including phenoxy) is 1. The van der Waals surface area contributed by atoms with Gasteiger partial charge >= 0.3 is 0 Å². The fraction of sp³-hybridized carbons (Fsp3) is 0.444. The highest BCUT2D eigenvalue weighted by molar-refractivity contribution is 9.11. The van der Waals surface area contributed by atoms with Crippen LogP contribution in [-0.2, 0) is 9.53 Å². The molecule has 1 rings (SSSR count). The molecule has 134 valence electrons. The maximum absolute atomic E-state index is 12.2. The molecule has 0 unspecified atom stereocenters. The molecule has 0 aliphatic carbocycles. The second-order valence-electron chi connectivity index (χ2n) is 4.71. The third kappa shape index (κ3) is 9.21. The standard InChI is InChI=1S/C16H20BrClN2O2.C2H6/c1-4-20(15-6-5-14(18)10-19-15)16(21)11-22-8-7-12(2)9-13(3)17;1-2/h5-6,9-10H,3-4,7-8,11H2,1-2H3;1-2H3/b12-9+;. The van der Waals surface area contributed by atoms with Crippen molar-refractivity contribution in [2.75, 3.05) is 24.7 Å². The predicted octanol–water partition coefficient (Wildman–Crippen LogP) is 5.38. The number of hydrogen-bond donors (Lipinski definition) is 0. The summed E-state index contributed by atoms with van der Waals surface area (Å²) in [6.45, 7) is 12.7. The van der Waals surface area contributed by atoms with Crippen LogP contribution >= 0.6 is 27.5 Å². The maximum atomic E-state index is 12.2. The van der Waals surface area contributed by atoms with E-state index in [-0.39, 0.29) is 12.5 Å². The third-order valence-electron chi connectivity index (χ3n) is 2.87. The highest BCUT2D eigenvalue weighted by atomic mass is 79.9. The quantitative estimate of drug-likeness (QED) is 0.421. The maximum Gasteiger partial charge on any atom is 0.254 e. The van der Waals surface area contributed by atoms with Crippen LogP contribution in [0.2, 0.25) is 5.02 Å². The normalized spacial score (nSPS) is 10.7. The summed E-state index contributed by atoms with van der Waals surface area (Å²) in [6, 6.07) is 3.43. The van der Waals surface area contributed by atoms with Crippen LogP contribution in [0.25, 0.3) is 0 Å². The fourth-order valence-corrected chi connectivity index (χ4v) is 2.31. The summed E-state index contributed by atoms with van der Waals surface area (Å²) in [5.41, 5.74) is 1.14. The van der Waals surface area contributed by atoms with Gasteiger partial charge in [0, 0.05) is 17.2 Å². The zero-order valence-corrected chi connectivity index (χ0v) is 17.2. The summed E-state index contributed by atoms with van der Waals surface area (Å²) in [5, 5.41) is 0.541. The summed E-state index contributed by atoms with van der Waals surface area (Å²) < 4.78 is 6.27. The number of carbonyl (C=O) groups is 1. The Labute approximate surface area is 158 Å². The van der Waals surface area contributed by atoms with Crippen molar-refractivity contribution < 1.29 is 9.53 Å². The molecule has 0 aromatic carbocycles. The summed E-state index contributed by atoms with van der Waals surface area (Å²) in [5.74, 6) is 0.455. The first kappa shape index (κ1) is 22.8. The predicted molar refractivity (Wildman–Crippen MR) is 106 cm³/mol. The van der Waals surface area contributed by atoms with Crippen LogP contribution in [0.4, 0.5) is 5.82 Å². The summed E-state index contributed by atoms with van der Waals surface area (Å²) in [4.78, 5) is 17.9. The van der Waals surface area contributed by atoms with E-state index in [1.807, 2.05) is 33.8 Å². The van der Waals surface area contributed by atoms with Crippen LogP contribution in [0.1, 0.15) is 34.1 Å². The number of nitrogens with zero attached hydrogens (tertiary/aromatic N) is 2. The first-order valence-corrected chi connectivity index (χ1v) is 9.12. The van der Waals surface area contributed by atoms with E-state index in [0.717, 1.165) is 16.5 Å². The van der Waals surface area contributed by atoms with Gasteiger partial charge in [-0.15, -0.1) is 0 Å². The Morgan fingerprint density at radius 2 is 2.12 bits per heavy atom. The lowest BCUT2D eigenvalue weighted by Crippen LogP contribution is -2.34. The van der Waals surface area contributed by atoms with Gasteiger partial charge in [0.05, 0.1) is 11.6 Å². The average Bonchev–Trinajstić information content (AvgIpc) is 2.55. The van der Waals surface area contributed by atoms with Crippen molar-refractivity contribution in [3.63, 3.8) is 0 Å². The Kier molecular flexibility index (Phi) is 12.5. The fourth-order valence-electron chi connectivity index (χ4n) is 1.80. The van der Waals surface area contributed by atoms with Crippen molar-refractivity contribution >= 4 is 39.3 Å². The SMILES string of the molecule is C=C(Br)/C=C(\C)CCOCC(=O)N(CC)c1ccc(Cl)cn1.CC. The first-order chi connectivity index (χ1) is 11.4. The van der Waals surface area contributed by atoms with Crippen molar-refractivity contribution in [2.45, 2.75) is 34.1 Å². The molecule has 0 fully saturated rings. The number of anilines is 1. The highest BCUT2D eigenvalue weighted by Crippen LogP contribution is 2.14. The minimum Gasteiger partial charge on any atom is -0.371 e. The van der Waals surface area contributed by atoms with Crippen LogP contribution in [0, 0.1) is 0 Å². The second-order valence-corrected chi connectivity index (χ2v) is 6.17. The molecule has 0 N–H and O–H groups in total. The van der Waals surface area contributed by atoms with E-state index >= 15 is 0 Å². The van der Waals surface area contributed by atoms with Crippen molar-refractivity contribution in [1.82, 2.24) is 4.98 Å². The second kappa shape index (κ2) is 13.2. The third-order valence-corrected chi connectivity index (χ3v) is 3.33. The molecule has 6 heteroatoms. The van der Waals surface area contributed by atoms with E-state index in [1.165, 1.54) is 6.20 Å². The van der Waals surface area contributed by atoms with Crippen molar-refractivity contribution in [1.29, 1.82) is 0 Å². The number of aromatic nitrogens is 1. The Bertz CT molecular complexity index is 544. The largest absolute Gasteiger partial charge is 0.371 e. The molecular weight excluding hydrogens is 392 g/mol. The number of pyridine rings is 1. The van der Waals surface area contributed by atoms with Gasteiger partial charge in [-0.05, 0) is 38.5 Å². The van der Waals surface area contributed by atoms with Gasteiger partial charge in [0.2, 0.25) is 0 Å². The van der Waals surface area contributed by atoms with Crippen LogP contribution < -0.4 is 4.90 Å². The number of halogens is 2. The molecule has 0 spiro atoms. The van der Waals surface area contributed by atoms with Crippen molar-refractivity contribution in [2.24, 2.45) is 0 Å². The zero-order valence-electron chi connectivity index (χ0n) is 14.8. The molecule has 4 nitrogen and oxygen atoms in total. The molecule has 0 aliphatic rings. The van der Waals surface area contributed by atoms with Gasteiger partial charge in [-0.3, -0.25) is 9.69 Å². The van der Waals surface area contributed by atoms with Gasteiger partial charge < -0.3 is 4.74 Å². The lowest BCUT2D eigenvalue weighted by molar-refractivity contribution is -0.123. The molecule has 0 radical (unpaired) electrons. The van der Waals surface area contributed by atoms with Gasteiger partial charge in [-0.2, -0.15) is 0 Å². The molecule has 0 saturated heterocycles. The minimum atomic E-state index is -0.121. The lowest BCUT2D eigenvalue weighted by Gasteiger charge is -2.19. The Balaban J connectivity index is 0.00000254. The van der Waals surface area contributed by atoms with Crippen molar-refractivity contribution in [3.8, 4) is 0 Å². The molecule has 1 aromatic heterocycles. The average molecular weight is 418 g/mol. The number of carbonyl (C=O) groups excluding carboxylic acids is 1. The molecule has 1 amide bonds. The molecular formula is C18H26BrClN2O2. The zero-order chi connectivity index (χ0) is 18.5. The molecule has 0 atom stereocenters. The number of rotatable bonds is 8. The van der Waals surface area contributed by atoms with Crippen LogP contribution in [0.15, 0.2) is 41.0 Å². The number of amides is 1. The number of hydrogen-bond acceptors (Lipinski definition) is 3. The van der Waals surface area contributed by atoms with Crippen LogP contribution in [0.5, 0.6) is 0 Å². The molecule has 1 heterocycles. The van der Waals surface area contributed by atoms with E-state index in [2.05, 4.69) is 27.5 Å². The highest BCUT2D eigenvalue weighted by Gasteiger charge is 2.14. The van der Waals surface area contributed by atoms with E-state index in [0.29, 0.717) is 24.0 Å². The van der Waals surface area contributed by atoms with Gasteiger partial charge in [-0.1, -0.05) is 53.5 Å². The molecule has 24 heavy (non-hydrogen) atoms. The van der Waals surface area contributed by atoms with E-state index < -0.39 is 0 Å². The van der Waals surface area contributed by atoms with E-state index in [4.69, 9.17) is 16.3 Å². The van der Waals surface area contributed by atoms with Crippen LogP contribution in [0.3, 0.4) is 0 Å². The molecule has 0 bridgehead atoms. The van der Waals surface area contributed by atoms with Gasteiger partial charge in [-0.25, -0.2) is 4.98 Å². The number of allylic oxidation sites excluding steroid dienone is 2. The van der Waals surface area contributed by atoms with E-state index in [9.17, 15) is 4.79 Å². The Hall–Kier alpha value is -1.17. The molecule has 0 aliphatic heterocycles. The van der Waals surface area contributed by atoms with Gasteiger partial charge in [0.1, 0.15) is 12.4 Å². The Morgan fingerprint density at radius 1 is 1.46 bits per heavy atom. The van der Waals surface area contributed by atoms with Gasteiger partial charge in [0.25, 0.3) is 5.91 Å². The molecule has 0 saturated carbocycles. The summed E-state index contributed by atoms with van der Waals surface area (Å²) >= 11 is 9.08. The minimum absolute atomic E-state index is 0.0285. The summed E-state index contributed by atoms with van der Waals surface area (Å²) in [6.07, 6.45) is 4.21. The van der Waals surface area contributed by atoms with Gasteiger partial charge in [0.15, 0.2) is 0 Å². The molecule has 1 aromatic rings. The van der Waals surface area contributed by atoms with Crippen LogP contribution in [-0.4, -0.2) is 30.6 Å². The summed E-state index contributed by atoms with van der Waals surface area (Å²) in [7, 11) is 0. The number of likely N-dealkylation sites (N-methyl/N-ethyl adjacent to an activating group) is 1. The monoisotopic (exact) mass is 416 g/mol. The smallest absolute Gasteiger partial charge is 0.254 e. The lowest BCUT2D eigenvalue weighted by atomic mass is 10.2. The Morgan fingerprint density at radius 3 is 2.62 bits per heavy atom. The van der Waals surface area contributed by atoms with E-state index in [1.54, 1.807) is 17.0 Å². The first-order valence-electron chi connectivity index (χ1n) is 7.95.